The number of esters is 3. The topological polar surface area (TPSA) is 78.9 Å². The van der Waals surface area contributed by atoms with E-state index in [0.717, 1.165) is 57.8 Å². The van der Waals surface area contributed by atoms with E-state index < -0.39 is 0 Å². The molecule has 0 aromatic carbocycles. The van der Waals surface area contributed by atoms with Gasteiger partial charge in [0.25, 0.3) is 0 Å². The van der Waals surface area contributed by atoms with Gasteiger partial charge in [0.05, 0.1) is 5.92 Å². The fourth-order valence-corrected chi connectivity index (χ4v) is 2.55. The summed E-state index contributed by atoms with van der Waals surface area (Å²) in [5.41, 5.74) is 0. The number of hydrogen-bond acceptors (Lipinski definition) is 6. The fourth-order valence-electron chi connectivity index (χ4n) is 2.55. The van der Waals surface area contributed by atoms with Crippen molar-refractivity contribution >= 4 is 17.9 Å². The van der Waals surface area contributed by atoms with Crippen molar-refractivity contribution in [1.82, 2.24) is 0 Å². The molecule has 0 radical (unpaired) electrons. The van der Waals surface area contributed by atoms with E-state index in [1.165, 1.54) is 0 Å². The molecule has 0 rings (SSSR count). The first kappa shape index (κ1) is 26.4. The molecular weight excluding hydrogens is 360 g/mol. The molecule has 0 aliphatic carbocycles. The minimum absolute atomic E-state index is 0.0927. The Labute approximate surface area is 170 Å². The van der Waals surface area contributed by atoms with Crippen molar-refractivity contribution in [3.8, 4) is 0 Å². The minimum Gasteiger partial charge on any atom is -0.465 e. The monoisotopic (exact) mass is 400 g/mol. The summed E-state index contributed by atoms with van der Waals surface area (Å²) in [5.74, 6) is -1.12. The van der Waals surface area contributed by atoms with Crippen molar-refractivity contribution < 1.29 is 28.6 Å². The zero-order chi connectivity index (χ0) is 21.0. The molecule has 0 N–H and O–H groups in total. The molecule has 28 heavy (non-hydrogen) atoms. The maximum absolute atomic E-state index is 11.8. The van der Waals surface area contributed by atoms with Gasteiger partial charge in [-0.1, -0.05) is 59.3 Å². The Balaban J connectivity index is 4.33. The van der Waals surface area contributed by atoms with E-state index in [0.29, 0.717) is 19.3 Å². The summed E-state index contributed by atoms with van der Waals surface area (Å²) in [6.07, 6.45) is 9.65. The summed E-state index contributed by atoms with van der Waals surface area (Å²) in [4.78, 5) is 35.4. The highest BCUT2D eigenvalue weighted by Crippen LogP contribution is 2.08. The van der Waals surface area contributed by atoms with Gasteiger partial charge in [0.15, 0.2) is 0 Å². The van der Waals surface area contributed by atoms with Crippen molar-refractivity contribution in [3.63, 3.8) is 0 Å². The molecule has 0 atom stereocenters. The van der Waals surface area contributed by atoms with Gasteiger partial charge >= 0.3 is 17.9 Å². The van der Waals surface area contributed by atoms with Crippen LogP contribution in [-0.2, 0) is 28.6 Å². The van der Waals surface area contributed by atoms with E-state index in [4.69, 9.17) is 14.2 Å². The van der Waals surface area contributed by atoms with Crippen LogP contribution in [0.2, 0.25) is 0 Å². The Hall–Kier alpha value is -1.59. The molecule has 0 saturated carbocycles. The Morgan fingerprint density at radius 2 is 0.821 bits per heavy atom. The van der Waals surface area contributed by atoms with Gasteiger partial charge < -0.3 is 14.2 Å². The van der Waals surface area contributed by atoms with Crippen LogP contribution in [-0.4, -0.2) is 37.7 Å². The van der Waals surface area contributed by atoms with Crippen LogP contribution in [0.4, 0.5) is 0 Å². The summed E-state index contributed by atoms with van der Waals surface area (Å²) < 4.78 is 15.9. The van der Waals surface area contributed by atoms with E-state index in [1.807, 2.05) is 0 Å². The molecule has 0 aromatic rings. The van der Waals surface area contributed by atoms with Crippen LogP contribution in [0.15, 0.2) is 0 Å². The Morgan fingerprint density at radius 1 is 0.536 bits per heavy atom. The van der Waals surface area contributed by atoms with E-state index in [1.54, 1.807) is 0 Å². The average molecular weight is 401 g/mol. The van der Waals surface area contributed by atoms with Crippen molar-refractivity contribution in [2.45, 2.75) is 97.8 Å². The smallest absolute Gasteiger partial charge is 0.305 e. The highest BCUT2D eigenvalue weighted by molar-refractivity contribution is 5.70. The van der Waals surface area contributed by atoms with E-state index in [9.17, 15) is 14.4 Å². The summed E-state index contributed by atoms with van der Waals surface area (Å²) in [7, 11) is 0. The van der Waals surface area contributed by atoms with Gasteiger partial charge in [-0.2, -0.15) is 0 Å². The fraction of sp³-hybridized carbons (Fsp3) is 0.864. The normalized spacial score (nSPS) is 10.7. The molecular formula is C22H40O6. The molecule has 0 aliphatic heterocycles. The van der Waals surface area contributed by atoms with Crippen LogP contribution in [0.25, 0.3) is 0 Å². The van der Waals surface area contributed by atoms with Crippen molar-refractivity contribution in [3.05, 3.63) is 0 Å². The third kappa shape index (κ3) is 16.6. The second-order valence-electron chi connectivity index (χ2n) is 7.29. The largest absolute Gasteiger partial charge is 0.465 e. The number of unbranched alkanes of at least 4 members (excludes halogenated alkanes) is 6. The maximum atomic E-state index is 11.8. The van der Waals surface area contributed by atoms with Gasteiger partial charge in [-0.3, -0.25) is 14.4 Å². The zero-order valence-corrected chi connectivity index (χ0v) is 18.1. The van der Waals surface area contributed by atoms with Gasteiger partial charge in [-0.05, 0) is 19.3 Å². The Bertz CT molecular complexity index is 359. The quantitative estimate of drug-likeness (QED) is 0.183. The highest BCUT2D eigenvalue weighted by Gasteiger charge is 2.17. The van der Waals surface area contributed by atoms with Crippen LogP contribution in [0, 0.1) is 5.92 Å². The van der Waals surface area contributed by atoms with Crippen LogP contribution in [0.5, 0.6) is 0 Å². The number of rotatable bonds is 18. The molecule has 0 unspecified atom stereocenters. The van der Waals surface area contributed by atoms with Gasteiger partial charge in [0.2, 0.25) is 0 Å². The highest BCUT2D eigenvalue weighted by atomic mass is 16.6. The predicted octanol–water partition coefficient (Wildman–Crippen LogP) is 4.97. The maximum Gasteiger partial charge on any atom is 0.305 e. The van der Waals surface area contributed by atoms with Crippen LogP contribution >= 0.6 is 0 Å². The van der Waals surface area contributed by atoms with Gasteiger partial charge in [0.1, 0.15) is 19.8 Å². The number of carbonyl (C=O) groups excluding carboxylic acids is 3. The van der Waals surface area contributed by atoms with Gasteiger partial charge in [-0.25, -0.2) is 0 Å². The lowest BCUT2D eigenvalue weighted by Crippen LogP contribution is -2.26. The predicted molar refractivity (Wildman–Crippen MR) is 109 cm³/mol. The third-order valence-corrected chi connectivity index (χ3v) is 4.39. The first-order valence-electron chi connectivity index (χ1n) is 11.0. The minimum atomic E-state index is -0.333. The van der Waals surface area contributed by atoms with Crippen molar-refractivity contribution in [2.24, 2.45) is 5.92 Å². The van der Waals surface area contributed by atoms with Crippen LogP contribution < -0.4 is 0 Å². The molecule has 0 bridgehead atoms. The SMILES string of the molecule is CCCCCC(=O)OCC(COC(=O)CCCCC)COC(=O)CCCCC. The van der Waals surface area contributed by atoms with Crippen LogP contribution in [0.3, 0.4) is 0 Å². The molecule has 6 heteroatoms. The first-order chi connectivity index (χ1) is 13.5. The Morgan fingerprint density at radius 3 is 1.07 bits per heavy atom. The molecule has 164 valence electrons. The lowest BCUT2D eigenvalue weighted by Gasteiger charge is -2.17. The molecule has 0 saturated heterocycles. The average Bonchev–Trinajstić information content (AvgIpc) is 2.68. The third-order valence-electron chi connectivity index (χ3n) is 4.39. The lowest BCUT2D eigenvalue weighted by atomic mass is 10.2. The second-order valence-corrected chi connectivity index (χ2v) is 7.29. The molecule has 0 fully saturated rings. The molecule has 6 nitrogen and oxygen atoms in total. The van der Waals surface area contributed by atoms with E-state index in [-0.39, 0.29) is 43.6 Å². The number of ether oxygens (including phenoxy) is 3. The Kier molecular flexibility index (Phi) is 17.7. The molecule has 0 aliphatic rings. The summed E-state index contributed by atoms with van der Waals surface area (Å²) in [5, 5.41) is 0. The zero-order valence-electron chi connectivity index (χ0n) is 18.1. The van der Waals surface area contributed by atoms with Crippen molar-refractivity contribution in [2.75, 3.05) is 19.8 Å². The second kappa shape index (κ2) is 18.8. The lowest BCUT2D eigenvalue weighted by molar-refractivity contribution is -0.153. The van der Waals surface area contributed by atoms with Gasteiger partial charge in [0, 0.05) is 19.3 Å². The van der Waals surface area contributed by atoms with E-state index >= 15 is 0 Å². The number of carbonyl (C=O) groups is 3. The van der Waals surface area contributed by atoms with E-state index in [2.05, 4.69) is 20.8 Å². The summed E-state index contributed by atoms with van der Waals surface area (Å²) in [6, 6.07) is 0. The summed E-state index contributed by atoms with van der Waals surface area (Å²) in [6.45, 7) is 6.50. The first-order valence-corrected chi connectivity index (χ1v) is 11.0. The molecule has 0 amide bonds. The molecule has 0 spiro atoms. The summed E-state index contributed by atoms with van der Waals surface area (Å²) >= 11 is 0. The standard InChI is InChI=1S/C22H40O6/c1-4-7-10-13-20(23)26-16-19(17-27-21(24)14-11-8-5-2)18-28-22(25)15-12-9-6-3/h19H,4-18H2,1-3H3. The van der Waals surface area contributed by atoms with Crippen LogP contribution in [0.1, 0.15) is 97.8 Å². The molecule has 0 heterocycles. The number of hydrogen-bond donors (Lipinski definition) is 0. The molecule has 0 aromatic heterocycles. The van der Waals surface area contributed by atoms with Crippen molar-refractivity contribution in [1.29, 1.82) is 0 Å². The van der Waals surface area contributed by atoms with Gasteiger partial charge in [-0.15, -0.1) is 0 Å².